The van der Waals surface area contributed by atoms with Gasteiger partial charge in [-0.1, -0.05) is 48.2 Å². The van der Waals surface area contributed by atoms with Crippen LogP contribution in [0.2, 0.25) is 0 Å². The molecular weight excluding hydrogens is 609 g/mol. The van der Waals surface area contributed by atoms with Crippen molar-refractivity contribution in [3.63, 3.8) is 0 Å². The predicted molar refractivity (Wildman–Crippen MR) is 164 cm³/mol. The summed E-state index contributed by atoms with van der Waals surface area (Å²) in [5.74, 6) is -1.42. The van der Waals surface area contributed by atoms with Crippen LogP contribution < -0.4 is 10.1 Å². The Hall–Kier alpha value is -5.01. The van der Waals surface area contributed by atoms with Crippen LogP contribution >= 0.6 is 11.8 Å². The minimum absolute atomic E-state index is 0.128. The third kappa shape index (κ3) is 5.54. The number of amides is 1. The second-order valence-corrected chi connectivity index (χ2v) is 12.2. The molecule has 0 aliphatic carbocycles. The van der Waals surface area contributed by atoms with Gasteiger partial charge in [0.25, 0.3) is 10.0 Å². The maximum Gasteiger partial charge on any atom is 0.268 e. The number of anilines is 1. The molecule has 0 unspecified atom stereocenters. The zero-order valence-corrected chi connectivity index (χ0v) is 24.6. The first-order valence-electron chi connectivity index (χ1n) is 13.1. The van der Waals surface area contributed by atoms with E-state index < -0.39 is 27.6 Å². The van der Waals surface area contributed by atoms with Crippen molar-refractivity contribution in [2.24, 2.45) is 0 Å². The Morgan fingerprint density at radius 3 is 2.39 bits per heavy atom. The van der Waals surface area contributed by atoms with Crippen molar-refractivity contribution in [2.75, 3.05) is 18.2 Å². The van der Waals surface area contributed by atoms with E-state index >= 15 is 0 Å². The van der Waals surface area contributed by atoms with Gasteiger partial charge >= 0.3 is 0 Å². The van der Waals surface area contributed by atoms with Crippen LogP contribution in [0.4, 0.5) is 14.5 Å². The first-order valence-corrected chi connectivity index (χ1v) is 15.6. The van der Waals surface area contributed by atoms with Crippen molar-refractivity contribution >= 4 is 44.3 Å². The normalized spacial score (nSPS) is 11.5. The zero-order chi connectivity index (χ0) is 30.8. The van der Waals surface area contributed by atoms with Crippen molar-refractivity contribution in [2.45, 2.75) is 10.1 Å². The summed E-state index contributed by atoms with van der Waals surface area (Å²) < 4.78 is 63.0. The second-order valence-electron chi connectivity index (χ2n) is 9.47. The number of nitrogens with one attached hydrogen (secondary N) is 1. The maximum atomic E-state index is 14.1. The molecule has 4 aromatic carbocycles. The van der Waals surface area contributed by atoms with E-state index in [4.69, 9.17) is 4.74 Å². The Balaban J connectivity index is 1.42. The number of hydrogen-bond donors (Lipinski definition) is 1. The van der Waals surface area contributed by atoms with Gasteiger partial charge < -0.3 is 10.1 Å². The molecule has 0 atom stereocenters. The number of aromatic nitrogens is 4. The monoisotopic (exact) mass is 631 g/mol. The minimum Gasteiger partial charge on any atom is -0.497 e. The Bertz CT molecular complexity index is 2100. The fraction of sp³-hybridized carbons (Fsp3) is 0.0645. The first kappa shape index (κ1) is 29.1. The van der Waals surface area contributed by atoms with E-state index in [0.29, 0.717) is 45.0 Å². The van der Waals surface area contributed by atoms with Gasteiger partial charge in [0.2, 0.25) is 5.91 Å². The molecule has 0 radical (unpaired) electrons. The molecule has 0 fully saturated rings. The van der Waals surface area contributed by atoms with E-state index in [9.17, 15) is 22.0 Å². The quantitative estimate of drug-likeness (QED) is 0.191. The molecule has 0 saturated carbocycles. The van der Waals surface area contributed by atoms with E-state index in [1.165, 1.54) is 22.3 Å². The lowest BCUT2D eigenvalue weighted by molar-refractivity contribution is -0.113. The summed E-state index contributed by atoms with van der Waals surface area (Å²) in [6, 6.07) is 25.1. The third-order valence-corrected chi connectivity index (χ3v) is 9.34. The maximum absolute atomic E-state index is 14.1. The number of rotatable bonds is 9. The van der Waals surface area contributed by atoms with Gasteiger partial charge in [-0.15, -0.1) is 10.2 Å². The van der Waals surface area contributed by atoms with E-state index in [2.05, 4.69) is 15.5 Å². The lowest BCUT2D eigenvalue weighted by Crippen LogP contribution is -2.15. The van der Waals surface area contributed by atoms with Crippen LogP contribution in [0.25, 0.3) is 28.0 Å². The number of hydrogen-bond acceptors (Lipinski definition) is 7. The van der Waals surface area contributed by atoms with Crippen molar-refractivity contribution in [1.29, 1.82) is 0 Å². The summed E-state index contributed by atoms with van der Waals surface area (Å²) in [5.41, 5.74) is 1.42. The molecule has 6 rings (SSSR count). The van der Waals surface area contributed by atoms with Crippen molar-refractivity contribution in [1.82, 2.24) is 18.7 Å². The van der Waals surface area contributed by atoms with Gasteiger partial charge in [0.1, 0.15) is 17.4 Å². The van der Waals surface area contributed by atoms with Crippen LogP contribution in [0.3, 0.4) is 0 Å². The number of carbonyl (C=O) groups excluding carboxylic acids is 1. The van der Waals surface area contributed by atoms with Crippen molar-refractivity contribution in [3.8, 4) is 22.8 Å². The number of nitrogens with zero attached hydrogens (tertiary/aromatic N) is 4. The summed E-state index contributed by atoms with van der Waals surface area (Å²) in [6.45, 7) is 0. The SMILES string of the molecule is COc1ccc(-n2c(SCC(=O)Nc3ccc(F)cc3F)nnc2-c2cn(S(=O)(=O)c3ccccc3)c3ccccc23)cc1. The predicted octanol–water partition coefficient (Wildman–Crippen LogP) is 6.14. The van der Waals surface area contributed by atoms with Crippen LogP contribution in [-0.2, 0) is 14.8 Å². The molecule has 13 heteroatoms. The lowest BCUT2D eigenvalue weighted by Gasteiger charge is -2.11. The topological polar surface area (TPSA) is 108 Å². The number of para-hydroxylation sites is 1. The van der Waals surface area contributed by atoms with Gasteiger partial charge in [-0.3, -0.25) is 9.36 Å². The van der Waals surface area contributed by atoms with Gasteiger partial charge in [-0.05, 0) is 54.6 Å². The smallest absolute Gasteiger partial charge is 0.268 e. The molecular formula is C31H23F2N5O4S2. The number of ether oxygens (including phenoxy) is 1. The van der Waals surface area contributed by atoms with Crippen LogP contribution in [-0.4, -0.2) is 45.9 Å². The average Bonchev–Trinajstić information content (AvgIpc) is 3.64. The summed E-state index contributed by atoms with van der Waals surface area (Å²) in [4.78, 5) is 12.8. The number of halogens is 2. The molecule has 1 N–H and O–H groups in total. The summed E-state index contributed by atoms with van der Waals surface area (Å²) in [5, 5.41) is 12.1. The Labute approximate surface area is 255 Å². The minimum atomic E-state index is -3.96. The zero-order valence-electron chi connectivity index (χ0n) is 23.0. The number of thioether (sulfide) groups is 1. The van der Waals surface area contributed by atoms with Gasteiger partial charge in [-0.2, -0.15) is 0 Å². The van der Waals surface area contributed by atoms with Gasteiger partial charge in [0.15, 0.2) is 11.0 Å². The Kier molecular flexibility index (Phi) is 7.89. The van der Waals surface area contributed by atoms with Crippen LogP contribution in [0, 0.1) is 11.6 Å². The first-order chi connectivity index (χ1) is 21.3. The molecule has 6 aromatic rings. The highest BCUT2D eigenvalue weighted by Crippen LogP contribution is 2.36. The van der Waals surface area contributed by atoms with Crippen molar-refractivity contribution < 1.29 is 26.7 Å². The molecule has 1 amide bonds. The highest BCUT2D eigenvalue weighted by Gasteiger charge is 2.25. The molecule has 9 nitrogen and oxygen atoms in total. The molecule has 44 heavy (non-hydrogen) atoms. The largest absolute Gasteiger partial charge is 0.497 e. The summed E-state index contributed by atoms with van der Waals surface area (Å²) >= 11 is 1.04. The van der Waals surface area contributed by atoms with Crippen LogP contribution in [0.15, 0.2) is 113 Å². The fourth-order valence-electron chi connectivity index (χ4n) is 4.64. The van der Waals surface area contributed by atoms with E-state index in [-0.39, 0.29) is 16.3 Å². The number of carbonyl (C=O) groups is 1. The number of methoxy groups -OCH3 is 1. The van der Waals surface area contributed by atoms with Gasteiger partial charge in [-0.25, -0.2) is 21.2 Å². The standard InChI is InChI=1S/C31H23F2N5O4S2/c1-42-22-14-12-21(13-15-22)38-30(35-36-31(38)43-19-29(39)34-27-16-11-20(32)17-26(27)33)25-18-37(28-10-6-5-9-24(25)28)44(40,41)23-7-3-2-4-8-23/h2-18H,19H2,1H3,(H,34,39). The molecule has 222 valence electrons. The summed E-state index contributed by atoms with van der Waals surface area (Å²) in [6.07, 6.45) is 1.51. The average molecular weight is 632 g/mol. The van der Waals surface area contributed by atoms with Crippen LogP contribution in [0.5, 0.6) is 5.75 Å². The third-order valence-electron chi connectivity index (χ3n) is 6.72. The molecule has 0 bridgehead atoms. The molecule has 0 aliphatic rings. The molecule has 0 saturated heterocycles. The number of benzene rings is 4. The van der Waals surface area contributed by atoms with Gasteiger partial charge in [0, 0.05) is 28.9 Å². The molecule has 0 spiro atoms. The molecule has 2 heterocycles. The Morgan fingerprint density at radius 1 is 0.932 bits per heavy atom. The highest BCUT2D eigenvalue weighted by molar-refractivity contribution is 7.99. The fourth-order valence-corrected chi connectivity index (χ4v) is 6.78. The van der Waals surface area contributed by atoms with Gasteiger partial charge in [0.05, 0.1) is 29.0 Å². The van der Waals surface area contributed by atoms with Crippen molar-refractivity contribution in [3.05, 3.63) is 115 Å². The second kappa shape index (κ2) is 11.9. The highest BCUT2D eigenvalue weighted by atomic mass is 32.2. The van der Waals surface area contributed by atoms with E-state index in [1.807, 2.05) is 0 Å². The molecule has 2 aromatic heterocycles. The van der Waals surface area contributed by atoms with E-state index in [1.54, 1.807) is 78.4 Å². The Morgan fingerprint density at radius 2 is 1.66 bits per heavy atom. The van der Waals surface area contributed by atoms with Crippen LogP contribution in [0.1, 0.15) is 0 Å². The molecule has 0 aliphatic heterocycles. The summed E-state index contributed by atoms with van der Waals surface area (Å²) in [7, 11) is -2.41. The van der Waals surface area contributed by atoms with E-state index in [0.717, 1.165) is 23.9 Å². The lowest BCUT2D eigenvalue weighted by atomic mass is 10.1. The number of fused-ring (bicyclic) bond motifs is 1.